The summed E-state index contributed by atoms with van der Waals surface area (Å²) in [7, 11) is 0. The highest BCUT2D eigenvalue weighted by Gasteiger charge is 2.20. The molecule has 0 aromatic carbocycles. The monoisotopic (exact) mass is 209 g/mol. The van der Waals surface area contributed by atoms with Crippen molar-refractivity contribution in [2.24, 2.45) is 11.7 Å². The van der Waals surface area contributed by atoms with Crippen molar-refractivity contribution in [3.8, 4) is 0 Å². The molecule has 1 fully saturated rings. The molecule has 0 aliphatic carbocycles. The topological polar surface area (TPSA) is 68.8 Å². The van der Waals surface area contributed by atoms with Gasteiger partial charge in [0.25, 0.3) is 0 Å². The Balaban J connectivity index is 2.09. The normalized spacial score (nSPS) is 23.6. The molecule has 0 bridgehead atoms. The van der Waals surface area contributed by atoms with Gasteiger partial charge in [-0.3, -0.25) is 0 Å². The van der Waals surface area contributed by atoms with Crippen LogP contribution in [0.4, 0.5) is 0 Å². The Morgan fingerprint density at radius 3 is 3.00 bits per heavy atom. The van der Waals surface area contributed by atoms with Crippen molar-refractivity contribution in [3.63, 3.8) is 0 Å². The van der Waals surface area contributed by atoms with Gasteiger partial charge in [-0.15, -0.1) is 5.10 Å². The molecule has 0 saturated carbocycles. The van der Waals surface area contributed by atoms with Gasteiger partial charge in [-0.25, -0.2) is 4.68 Å². The lowest BCUT2D eigenvalue weighted by molar-refractivity contribution is 0.476. The molecule has 5 heteroatoms. The van der Waals surface area contributed by atoms with Crippen LogP contribution in [0.1, 0.15) is 38.0 Å². The van der Waals surface area contributed by atoms with Gasteiger partial charge in [0.2, 0.25) is 0 Å². The van der Waals surface area contributed by atoms with Crippen LogP contribution in [0, 0.1) is 5.92 Å². The zero-order valence-corrected chi connectivity index (χ0v) is 9.35. The fraction of sp³-hybridized carbons (Fsp3) is 0.800. The quantitative estimate of drug-likeness (QED) is 0.759. The molecule has 1 saturated heterocycles. The summed E-state index contributed by atoms with van der Waals surface area (Å²) in [4.78, 5) is 0. The molecule has 3 N–H and O–H groups in total. The maximum atomic E-state index is 6.02. The first-order valence-electron chi connectivity index (χ1n) is 5.56. The highest BCUT2D eigenvalue weighted by atomic mass is 15.4. The summed E-state index contributed by atoms with van der Waals surface area (Å²) < 4.78 is 1.94. The van der Waals surface area contributed by atoms with E-state index in [4.69, 9.17) is 5.73 Å². The van der Waals surface area contributed by atoms with E-state index in [0.717, 1.165) is 25.2 Å². The number of nitrogens with two attached hydrogens (primary N) is 1. The van der Waals surface area contributed by atoms with Crippen molar-refractivity contribution in [3.05, 3.63) is 11.9 Å². The predicted octanol–water partition coefficient (Wildman–Crippen LogP) is 0.468. The van der Waals surface area contributed by atoms with Crippen molar-refractivity contribution < 1.29 is 0 Å². The van der Waals surface area contributed by atoms with Gasteiger partial charge in [-0.2, -0.15) is 0 Å². The lowest BCUT2D eigenvalue weighted by atomic mass is 10.0. The average molecular weight is 209 g/mol. The third kappa shape index (κ3) is 2.18. The number of hydrogen-bond donors (Lipinski definition) is 2. The minimum atomic E-state index is -0.00638. The standard InChI is InChI=1S/C10H19N5/c1-7(2)10(11)9-6-15(14-13-9)8-3-4-12-5-8/h6-8,10,12H,3-5,11H2,1-2H3/t8-,10-/m1/s1. The number of hydrogen-bond acceptors (Lipinski definition) is 4. The Bertz CT molecular complexity index is 297. The molecule has 1 aromatic heterocycles. The molecule has 84 valence electrons. The molecule has 2 atom stereocenters. The second kappa shape index (κ2) is 4.28. The molecule has 15 heavy (non-hydrogen) atoms. The summed E-state index contributed by atoms with van der Waals surface area (Å²) in [5, 5.41) is 11.6. The SMILES string of the molecule is CC(C)[C@@H](N)c1cn([C@@H]2CCNC2)nn1. The van der Waals surface area contributed by atoms with Crippen LogP contribution in [0.2, 0.25) is 0 Å². The maximum Gasteiger partial charge on any atom is 0.0996 e. The Kier molecular flexibility index (Phi) is 3.02. The number of nitrogens with one attached hydrogen (secondary N) is 1. The Hall–Kier alpha value is -0.940. The van der Waals surface area contributed by atoms with Crippen LogP contribution in [0.15, 0.2) is 6.20 Å². The summed E-state index contributed by atoms with van der Waals surface area (Å²) in [5.41, 5.74) is 6.92. The van der Waals surface area contributed by atoms with Crippen molar-refractivity contribution >= 4 is 0 Å². The molecule has 0 unspecified atom stereocenters. The Morgan fingerprint density at radius 1 is 1.60 bits per heavy atom. The number of rotatable bonds is 3. The van der Waals surface area contributed by atoms with E-state index in [-0.39, 0.29) is 6.04 Å². The summed E-state index contributed by atoms with van der Waals surface area (Å²) in [6.07, 6.45) is 3.11. The van der Waals surface area contributed by atoms with Gasteiger partial charge < -0.3 is 11.1 Å². The highest BCUT2D eigenvalue weighted by molar-refractivity contribution is 5.01. The van der Waals surface area contributed by atoms with E-state index in [1.54, 1.807) is 0 Å². The van der Waals surface area contributed by atoms with E-state index >= 15 is 0 Å². The second-order valence-corrected chi connectivity index (χ2v) is 4.54. The van der Waals surface area contributed by atoms with Crippen molar-refractivity contribution in [1.82, 2.24) is 20.3 Å². The smallest absolute Gasteiger partial charge is 0.0996 e. The molecular formula is C10H19N5. The first-order chi connectivity index (χ1) is 7.18. The third-order valence-electron chi connectivity index (χ3n) is 3.00. The van der Waals surface area contributed by atoms with E-state index < -0.39 is 0 Å². The largest absolute Gasteiger partial charge is 0.322 e. The van der Waals surface area contributed by atoms with Gasteiger partial charge in [0, 0.05) is 6.54 Å². The van der Waals surface area contributed by atoms with E-state index in [2.05, 4.69) is 29.5 Å². The molecule has 2 heterocycles. The van der Waals surface area contributed by atoms with Gasteiger partial charge in [-0.05, 0) is 18.9 Å². The Labute approximate surface area is 90.0 Å². The molecule has 0 amide bonds. The molecule has 0 spiro atoms. The average Bonchev–Trinajstić information content (AvgIpc) is 2.86. The lowest BCUT2D eigenvalue weighted by Gasteiger charge is -2.11. The van der Waals surface area contributed by atoms with E-state index in [1.807, 2.05) is 10.9 Å². The number of nitrogens with zero attached hydrogens (tertiary/aromatic N) is 3. The van der Waals surface area contributed by atoms with E-state index in [0.29, 0.717) is 12.0 Å². The lowest BCUT2D eigenvalue weighted by Crippen LogP contribution is -2.17. The summed E-state index contributed by atoms with van der Waals surface area (Å²) >= 11 is 0. The first kappa shape index (κ1) is 10.6. The molecule has 0 radical (unpaired) electrons. The first-order valence-corrected chi connectivity index (χ1v) is 5.56. The summed E-state index contributed by atoms with van der Waals surface area (Å²) in [6, 6.07) is 0.443. The maximum absolute atomic E-state index is 6.02. The van der Waals surface area contributed by atoms with Crippen LogP contribution in [0.25, 0.3) is 0 Å². The van der Waals surface area contributed by atoms with Crippen LogP contribution in [-0.4, -0.2) is 28.1 Å². The predicted molar refractivity (Wildman–Crippen MR) is 58.3 cm³/mol. The molecular weight excluding hydrogens is 190 g/mol. The van der Waals surface area contributed by atoms with Crippen LogP contribution in [0.3, 0.4) is 0 Å². The van der Waals surface area contributed by atoms with Gasteiger partial charge >= 0.3 is 0 Å². The molecule has 1 aromatic rings. The van der Waals surface area contributed by atoms with Crippen molar-refractivity contribution in [2.45, 2.75) is 32.4 Å². The molecule has 2 rings (SSSR count). The summed E-state index contributed by atoms with van der Waals surface area (Å²) in [5.74, 6) is 0.400. The molecule has 1 aliphatic heterocycles. The van der Waals surface area contributed by atoms with Crippen LogP contribution in [-0.2, 0) is 0 Å². The van der Waals surface area contributed by atoms with Crippen LogP contribution < -0.4 is 11.1 Å². The molecule has 5 nitrogen and oxygen atoms in total. The van der Waals surface area contributed by atoms with E-state index in [1.165, 1.54) is 0 Å². The second-order valence-electron chi connectivity index (χ2n) is 4.54. The summed E-state index contributed by atoms with van der Waals surface area (Å²) in [6.45, 7) is 6.25. The zero-order valence-electron chi connectivity index (χ0n) is 9.35. The fourth-order valence-corrected chi connectivity index (χ4v) is 1.83. The van der Waals surface area contributed by atoms with Gasteiger partial charge in [-0.1, -0.05) is 19.1 Å². The van der Waals surface area contributed by atoms with Crippen molar-refractivity contribution in [2.75, 3.05) is 13.1 Å². The van der Waals surface area contributed by atoms with E-state index in [9.17, 15) is 0 Å². The van der Waals surface area contributed by atoms with Crippen molar-refractivity contribution in [1.29, 1.82) is 0 Å². The Morgan fingerprint density at radius 2 is 2.40 bits per heavy atom. The fourth-order valence-electron chi connectivity index (χ4n) is 1.83. The van der Waals surface area contributed by atoms with Gasteiger partial charge in [0.1, 0.15) is 0 Å². The minimum absolute atomic E-state index is 0.00638. The third-order valence-corrected chi connectivity index (χ3v) is 3.00. The van der Waals surface area contributed by atoms with Crippen LogP contribution in [0.5, 0.6) is 0 Å². The van der Waals surface area contributed by atoms with Gasteiger partial charge in [0.05, 0.1) is 24.0 Å². The molecule has 1 aliphatic rings. The van der Waals surface area contributed by atoms with Crippen LogP contribution >= 0.6 is 0 Å². The number of aromatic nitrogens is 3. The minimum Gasteiger partial charge on any atom is -0.322 e. The highest BCUT2D eigenvalue weighted by Crippen LogP contribution is 2.19. The zero-order chi connectivity index (χ0) is 10.8. The van der Waals surface area contributed by atoms with Gasteiger partial charge in [0.15, 0.2) is 0 Å².